The van der Waals surface area contributed by atoms with Crippen molar-refractivity contribution in [2.45, 2.75) is 24.8 Å². The van der Waals surface area contributed by atoms with Gasteiger partial charge in [0.05, 0.1) is 17.8 Å². The lowest BCUT2D eigenvalue weighted by molar-refractivity contribution is -0.133. The third-order valence-corrected chi connectivity index (χ3v) is 2.95. The van der Waals surface area contributed by atoms with E-state index in [1.54, 1.807) is 0 Å². The molecule has 2 N–H and O–H groups in total. The first kappa shape index (κ1) is 12.8. The van der Waals surface area contributed by atoms with Crippen molar-refractivity contribution in [2.24, 2.45) is 0 Å². The molecule has 1 fully saturated rings. The SMILES string of the molecule is O=C1CCC(Nc2cncc(CCl)c2F)C(=O)N1. The Hall–Kier alpha value is -1.69. The van der Waals surface area contributed by atoms with Gasteiger partial charge in [-0.15, -0.1) is 11.6 Å². The van der Waals surface area contributed by atoms with Crippen molar-refractivity contribution < 1.29 is 14.0 Å². The van der Waals surface area contributed by atoms with E-state index in [4.69, 9.17) is 11.6 Å². The maximum atomic E-state index is 13.8. The predicted molar refractivity (Wildman–Crippen MR) is 63.5 cm³/mol. The maximum absolute atomic E-state index is 13.8. The standard InChI is InChI=1S/C11H11ClFN3O2/c12-3-6-4-14-5-8(10(6)13)15-7-1-2-9(17)16-11(7)18/h4-5,7,15H,1-3H2,(H,16,17,18). The number of carbonyl (C=O) groups excluding carboxylic acids is 2. The summed E-state index contributed by atoms with van der Waals surface area (Å²) >= 11 is 5.56. The number of hydrogen-bond acceptors (Lipinski definition) is 4. The number of halogens is 2. The Bertz CT molecular complexity index is 495. The minimum Gasteiger partial charge on any atom is -0.370 e. The summed E-state index contributed by atoms with van der Waals surface area (Å²) in [6.07, 6.45) is 3.18. The fourth-order valence-electron chi connectivity index (χ4n) is 1.70. The topological polar surface area (TPSA) is 71.1 Å². The number of rotatable bonds is 3. The van der Waals surface area contributed by atoms with Crippen LogP contribution >= 0.6 is 11.6 Å². The third kappa shape index (κ3) is 2.59. The Balaban J connectivity index is 2.14. The molecular formula is C11H11ClFN3O2. The van der Waals surface area contributed by atoms with Crippen LogP contribution in [0.4, 0.5) is 10.1 Å². The molecule has 1 aliphatic rings. The molecule has 0 aliphatic carbocycles. The zero-order chi connectivity index (χ0) is 13.1. The molecule has 2 heterocycles. The van der Waals surface area contributed by atoms with Gasteiger partial charge in [-0.05, 0) is 6.42 Å². The highest BCUT2D eigenvalue weighted by atomic mass is 35.5. The van der Waals surface area contributed by atoms with Crippen molar-refractivity contribution in [1.29, 1.82) is 0 Å². The van der Waals surface area contributed by atoms with Gasteiger partial charge in [-0.1, -0.05) is 0 Å². The summed E-state index contributed by atoms with van der Waals surface area (Å²) < 4.78 is 13.8. The number of aromatic nitrogens is 1. The highest BCUT2D eigenvalue weighted by molar-refractivity contribution is 6.17. The zero-order valence-corrected chi connectivity index (χ0v) is 10.1. The number of nitrogens with zero attached hydrogens (tertiary/aromatic N) is 1. The lowest BCUT2D eigenvalue weighted by Crippen LogP contribution is -2.47. The first-order valence-electron chi connectivity index (χ1n) is 5.40. The van der Waals surface area contributed by atoms with Crippen molar-refractivity contribution in [3.05, 3.63) is 23.8 Å². The molecule has 0 saturated carbocycles. The quantitative estimate of drug-likeness (QED) is 0.640. The Morgan fingerprint density at radius 1 is 1.50 bits per heavy atom. The molecule has 1 aliphatic heterocycles. The highest BCUT2D eigenvalue weighted by Gasteiger charge is 2.27. The molecule has 0 aromatic carbocycles. The second kappa shape index (κ2) is 5.30. The van der Waals surface area contributed by atoms with Crippen molar-refractivity contribution in [1.82, 2.24) is 10.3 Å². The van der Waals surface area contributed by atoms with Crippen LogP contribution < -0.4 is 10.6 Å². The Kier molecular flexibility index (Phi) is 3.76. The average Bonchev–Trinajstić information content (AvgIpc) is 2.35. The number of alkyl halides is 1. The van der Waals surface area contributed by atoms with E-state index in [2.05, 4.69) is 15.6 Å². The zero-order valence-electron chi connectivity index (χ0n) is 9.37. The predicted octanol–water partition coefficient (Wildman–Crippen LogP) is 1.18. The van der Waals surface area contributed by atoms with E-state index in [0.717, 1.165) is 0 Å². The fourth-order valence-corrected chi connectivity index (χ4v) is 1.89. The van der Waals surface area contributed by atoms with Gasteiger partial charge in [0.25, 0.3) is 0 Å². The van der Waals surface area contributed by atoms with E-state index in [0.29, 0.717) is 6.42 Å². The number of pyridine rings is 1. The molecule has 1 aromatic heterocycles. The van der Waals surface area contributed by atoms with Crippen LogP contribution in [-0.2, 0) is 15.5 Å². The molecular weight excluding hydrogens is 261 g/mol. The number of carbonyl (C=O) groups is 2. The fraction of sp³-hybridized carbons (Fsp3) is 0.364. The van der Waals surface area contributed by atoms with Crippen LogP contribution in [0.5, 0.6) is 0 Å². The minimum atomic E-state index is -0.635. The Morgan fingerprint density at radius 3 is 2.94 bits per heavy atom. The van der Waals surface area contributed by atoms with Gasteiger partial charge in [-0.3, -0.25) is 19.9 Å². The number of anilines is 1. The molecule has 5 nitrogen and oxygen atoms in total. The van der Waals surface area contributed by atoms with Crippen LogP contribution in [0.2, 0.25) is 0 Å². The van der Waals surface area contributed by atoms with Crippen LogP contribution in [0.3, 0.4) is 0 Å². The number of nitrogens with one attached hydrogen (secondary N) is 2. The monoisotopic (exact) mass is 271 g/mol. The van der Waals surface area contributed by atoms with Crippen LogP contribution in [-0.4, -0.2) is 22.8 Å². The van der Waals surface area contributed by atoms with Crippen molar-refractivity contribution in [3.63, 3.8) is 0 Å². The molecule has 0 radical (unpaired) electrons. The van der Waals surface area contributed by atoms with Crippen LogP contribution in [0.1, 0.15) is 18.4 Å². The van der Waals surface area contributed by atoms with E-state index >= 15 is 0 Å². The minimum absolute atomic E-state index is 0.00367. The molecule has 1 atom stereocenters. The molecule has 7 heteroatoms. The average molecular weight is 272 g/mol. The van der Waals surface area contributed by atoms with Gasteiger partial charge in [0.2, 0.25) is 11.8 Å². The smallest absolute Gasteiger partial charge is 0.249 e. The van der Waals surface area contributed by atoms with Gasteiger partial charge >= 0.3 is 0 Å². The summed E-state index contributed by atoms with van der Waals surface area (Å²) in [6, 6.07) is -0.635. The second-order valence-electron chi connectivity index (χ2n) is 3.94. The van der Waals surface area contributed by atoms with Gasteiger partial charge in [0.1, 0.15) is 6.04 Å². The largest absolute Gasteiger partial charge is 0.370 e. The van der Waals surface area contributed by atoms with E-state index in [1.165, 1.54) is 12.4 Å². The molecule has 1 saturated heterocycles. The van der Waals surface area contributed by atoms with Crippen molar-refractivity contribution in [3.8, 4) is 0 Å². The van der Waals surface area contributed by atoms with Crippen molar-refractivity contribution in [2.75, 3.05) is 5.32 Å². The highest BCUT2D eigenvalue weighted by Crippen LogP contribution is 2.20. The van der Waals surface area contributed by atoms with Crippen molar-refractivity contribution >= 4 is 29.1 Å². The molecule has 0 bridgehead atoms. The van der Waals surface area contributed by atoms with Crippen LogP contribution in [0.25, 0.3) is 0 Å². The number of imide groups is 1. The van der Waals surface area contributed by atoms with E-state index in [1.807, 2.05) is 0 Å². The number of amides is 2. The number of piperidine rings is 1. The third-order valence-electron chi connectivity index (χ3n) is 2.67. The van der Waals surface area contributed by atoms with Gasteiger partial charge in [0.15, 0.2) is 5.82 Å². The molecule has 1 unspecified atom stereocenters. The second-order valence-corrected chi connectivity index (χ2v) is 4.21. The van der Waals surface area contributed by atoms with Gasteiger partial charge in [0, 0.05) is 18.2 Å². The maximum Gasteiger partial charge on any atom is 0.249 e. The van der Waals surface area contributed by atoms with E-state index < -0.39 is 17.8 Å². The summed E-state index contributed by atoms with van der Waals surface area (Å²) in [4.78, 5) is 26.3. The van der Waals surface area contributed by atoms with E-state index in [-0.39, 0.29) is 29.5 Å². The van der Waals surface area contributed by atoms with Crippen LogP contribution in [0, 0.1) is 5.82 Å². The van der Waals surface area contributed by atoms with Crippen LogP contribution in [0.15, 0.2) is 12.4 Å². The lowest BCUT2D eigenvalue weighted by atomic mass is 10.1. The van der Waals surface area contributed by atoms with Gasteiger partial charge in [-0.2, -0.15) is 0 Å². The normalized spacial score (nSPS) is 19.6. The lowest BCUT2D eigenvalue weighted by Gasteiger charge is -2.23. The molecule has 0 spiro atoms. The molecule has 18 heavy (non-hydrogen) atoms. The van der Waals surface area contributed by atoms with Gasteiger partial charge < -0.3 is 5.32 Å². The summed E-state index contributed by atoms with van der Waals surface area (Å²) in [6.45, 7) is 0. The summed E-state index contributed by atoms with van der Waals surface area (Å²) in [5.41, 5.74) is 0.372. The first-order valence-corrected chi connectivity index (χ1v) is 5.94. The summed E-state index contributed by atoms with van der Waals surface area (Å²) in [7, 11) is 0. The molecule has 2 amide bonds. The molecule has 96 valence electrons. The molecule has 1 aromatic rings. The number of hydrogen-bond donors (Lipinski definition) is 2. The summed E-state index contributed by atoms with van der Waals surface area (Å²) in [5, 5.41) is 4.92. The molecule has 2 rings (SSSR count). The summed E-state index contributed by atoms with van der Waals surface area (Å²) in [5.74, 6) is -1.29. The first-order chi connectivity index (χ1) is 8.61. The van der Waals surface area contributed by atoms with Gasteiger partial charge in [-0.25, -0.2) is 4.39 Å². The Labute approximate surface area is 108 Å². The van der Waals surface area contributed by atoms with E-state index in [9.17, 15) is 14.0 Å². The Morgan fingerprint density at radius 2 is 2.28 bits per heavy atom.